The maximum absolute atomic E-state index is 14.8. The number of ether oxygens (including phenoxy) is 2. The van der Waals surface area contributed by atoms with E-state index < -0.39 is 74.2 Å². The van der Waals surface area contributed by atoms with Crippen molar-refractivity contribution in [2.24, 2.45) is 17.8 Å². The number of carbonyl (C=O) groups excluding carboxylic acids is 4. The van der Waals surface area contributed by atoms with Crippen LogP contribution >= 0.6 is 0 Å². The van der Waals surface area contributed by atoms with E-state index in [1.807, 2.05) is 65.1 Å². The second-order valence-electron chi connectivity index (χ2n) is 17.5. The molecule has 7 rings (SSSR count). The molecule has 2 saturated carbocycles. The summed E-state index contributed by atoms with van der Waals surface area (Å²) in [5.41, 5.74) is -1.13. The van der Waals surface area contributed by atoms with Gasteiger partial charge in [0.25, 0.3) is 5.91 Å². The molecule has 0 spiro atoms. The van der Waals surface area contributed by atoms with Crippen molar-refractivity contribution in [3.63, 3.8) is 0 Å². The number of benzene rings is 1. The zero-order chi connectivity index (χ0) is 40.2. The molecule has 1 saturated heterocycles. The number of likely N-dealkylation sites (N-methyl/N-ethyl adjacent to an activating group) is 1. The number of pyridine rings is 1. The van der Waals surface area contributed by atoms with E-state index >= 15 is 0 Å². The van der Waals surface area contributed by atoms with Crippen LogP contribution < -0.4 is 35.0 Å². The average molecular weight is 794 g/mol. The fourth-order valence-electron chi connectivity index (χ4n) is 8.31. The molecule has 1 aromatic carbocycles. The molecule has 0 bridgehead atoms. The lowest BCUT2D eigenvalue weighted by Crippen LogP contribution is -2.60. The minimum absolute atomic E-state index is 0.000896. The van der Waals surface area contributed by atoms with Gasteiger partial charge in [0.05, 0.1) is 24.0 Å². The molecule has 3 aliphatic heterocycles. The van der Waals surface area contributed by atoms with Gasteiger partial charge in [-0.25, -0.2) is 18.2 Å². The summed E-state index contributed by atoms with van der Waals surface area (Å²) in [6.45, 7) is 10.9. The van der Waals surface area contributed by atoms with Crippen molar-refractivity contribution in [3.8, 4) is 11.6 Å². The van der Waals surface area contributed by atoms with Crippen molar-refractivity contribution in [3.05, 3.63) is 36.5 Å². The highest BCUT2D eigenvalue weighted by Gasteiger charge is 2.62. The van der Waals surface area contributed by atoms with E-state index in [-0.39, 0.29) is 31.2 Å². The summed E-state index contributed by atoms with van der Waals surface area (Å²) >= 11 is 0. The van der Waals surface area contributed by atoms with Crippen molar-refractivity contribution in [2.45, 2.75) is 114 Å². The van der Waals surface area contributed by atoms with Crippen molar-refractivity contribution in [1.29, 1.82) is 0 Å². The Morgan fingerprint density at radius 2 is 1.84 bits per heavy atom. The summed E-state index contributed by atoms with van der Waals surface area (Å²) in [7, 11) is -1.89. The monoisotopic (exact) mass is 793 g/mol. The molecule has 5 amide bonds. The minimum Gasteiger partial charge on any atom is -0.489 e. The highest BCUT2D eigenvalue weighted by molar-refractivity contribution is 7.91. The SMILES string of the molecule is C[C@H]1CC/C=C\[C@@H]2C[C@@]2(C(=O)NS(=O)(=O)C2CC2)NC(=O)[C@@H]2C[C@@H](Oc3nccc4c5c(ccc34)N(C)CCO5)CN2C(=O)[C@H](NC(=O)NC(C)(C)C)[C@H](C)C1. The minimum atomic E-state index is -3.90. The third-order valence-electron chi connectivity index (χ3n) is 11.6. The van der Waals surface area contributed by atoms with Crippen LogP contribution in [0.3, 0.4) is 0 Å². The molecule has 0 unspecified atom stereocenters. The first-order valence-corrected chi connectivity index (χ1v) is 21.4. The van der Waals surface area contributed by atoms with Gasteiger partial charge >= 0.3 is 6.03 Å². The zero-order valence-electron chi connectivity index (χ0n) is 33.1. The summed E-state index contributed by atoms with van der Waals surface area (Å²) < 4.78 is 40.7. The van der Waals surface area contributed by atoms with Crippen LogP contribution in [0.1, 0.15) is 79.6 Å². The van der Waals surface area contributed by atoms with E-state index in [9.17, 15) is 27.6 Å². The Kier molecular flexibility index (Phi) is 10.7. The maximum atomic E-state index is 14.8. The molecule has 7 atom stereocenters. The Morgan fingerprint density at radius 1 is 1.07 bits per heavy atom. The van der Waals surface area contributed by atoms with Crippen LogP contribution in [0, 0.1) is 17.8 Å². The number of urea groups is 1. The van der Waals surface area contributed by atoms with Gasteiger partial charge in [-0.05, 0) is 89.3 Å². The van der Waals surface area contributed by atoms with E-state index in [0.29, 0.717) is 43.6 Å². The fourth-order valence-corrected chi connectivity index (χ4v) is 9.68. The molecular weight excluding hydrogens is 739 g/mol. The molecule has 4 heterocycles. The van der Waals surface area contributed by atoms with Crippen LogP contribution in [0.4, 0.5) is 10.5 Å². The molecule has 16 heteroatoms. The number of nitrogens with zero attached hydrogens (tertiary/aromatic N) is 3. The lowest BCUT2D eigenvalue weighted by Gasteiger charge is -2.33. The average Bonchev–Trinajstić information content (AvgIpc) is 4.05. The van der Waals surface area contributed by atoms with E-state index in [2.05, 4.69) is 37.5 Å². The number of allylic oxidation sites excluding steroid dienone is 1. The molecule has 0 radical (unpaired) electrons. The van der Waals surface area contributed by atoms with Crippen LogP contribution in [0.15, 0.2) is 36.5 Å². The number of amides is 5. The summed E-state index contributed by atoms with van der Waals surface area (Å²) in [6.07, 6.45) is 8.13. The lowest BCUT2D eigenvalue weighted by molar-refractivity contribution is -0.142. The lowest BCUT2D eigenvalue weighted by atomic mass is 9.88. The Morgan fingerprint density at radius 3 is 2.57 bits per heavy atom. The zero-order valence-corrected chi connectivity index (χ0v) is 33.9. The van der Waals surface area contributed by atoms with Gasteiger partial charge in [-0.1, -0.05) is 26.0 Å². The molecular formula is C40H55N7O8S. The summed E-state index contributed by atoms with van der Waals surface area (Å²) in [6, 6.07) is 3.15. The van der Waals surface area contributed by atoms with Crippen molar-refractivity contribution in [1.82, 2.24) is 30.6 Å². The van der Waals surface area contributed by atoms with E-state index in [0.717, 1.165) is 29.8 Å². The van der Waals surface area contributed by atoms with Crippen LogP contribution in [-0.4, -0.2) is 103 Å². The van der Waals surface area contributed by atoms with E-state index in [1.165, 1.54) is 4.90 Å². The number of fused-ring (bicyclic) bond motifs is 5. The van der Waals surface area contributed by atoms with Crippen molar-refractivity contribution in [2.75, 3.05) is 31.6 Å². The Balaban J connectivity index is 1.22. The van der Waals surface area contributed by atoms with Gasteiger partial charge in [0.1, 0.15) is 30.3 Å². The number of hydrogen-bond acceptors (Lipinski definition) is 10. The van der Waals surface area contributed by atoms with Gasteiger partial charge in [-0.15, -0.1) is 0 Å². The second kappa shape index (κ2) is 15.1. The van der Waals surface area contributed by atoms with Gasteiger partial charge in [0.2, 0.25) is 27.7 Å². The smallest absolute Gasteiger partial charge is 0.315 e. The molecule has 56 heavy (non-hydrogen) atoms. The van der Waals surface area contributed by atoms with Gasteiger partial charge < -0.3 is 35.2 Å². The molecule has 4 N–H and O–H groups in total. The van der Waals surface area contributed by atoms with Crippen LogP contribution in [0.5, 0.6) is 11.6 Å². The number of aromatic nitrogens is 1. The third-order valence-corrected chi connectivity index (χ3v) is 13.4. The highest BCUT2D eigenvalue weighted by Crippen LogP contribution is 2.46. The topological polar surface area (TPSA) is 188 Å². The molecule has 5 aliphatic rings. The van der Waals surface area contributed by atoms with Crippen molar-refractivity contribution >= 4 is 50.2 Å². The van der Waals surface area contributed by atoms with Crippen LogP contribution in [-0.2, 0) is 24.4 Å². The normalized spacial score (nSPS) is 30.3. The number of anilines is 1. The molecule has 1 aromatic heterocycles. The van der Waals surface area contributed by atoms with E-state index in [4.69, 9.17) is 9.47 Å². The highest BCUT2D eigenvalue weighted by atomic mass is 32.2. The standard InChI is InChI=1S/C40H55N7O8S/c1-23-9-7-8-10-25-21-40(25,37(50)45-56(52,53)27-11-12-27)43-34(48)31-20-26(22-47(31)36(49)32(24(2)19-23)42-38(51)44-39(3,4)5)55-35-29-13-14-30-33(28(29)15-16-41-35)54-18-17-46(30)6/h8,10,13-16,23-27,31-32H,7,9,11-12,17-22H2,1-6H3,(H,43,48)(H,45,50)(H2,42,44,51)/b10-8-/t23-,24+,25+,26+,31-,32+,40+/m0/s1. The predicted molar refractivity (Wildman–Crippen MR) is 211 cm³/mol. The largest absolute Gasteiger partial charge is 0.489 e. The summed E-state index contributed by atoms with van der Waals surface area (Å²) in [5.74, 6) is -1.35. The molecule has 3 fully saturated rings. The Hall–Kier alpha value is -4.60. The molecule has 2 aromatic rings. The van der Waals surface area contributed by atoms with E-state index in [1.54, 1.807) is 6.20 Å². The fraction of sp³-hybridized carbons (Fsp3) is 0.625. The Bertz CT molecular complexity index is 2030. The third kappa shape index (κ3) is 8.25. The van der Waals surface area contributed by atoms with Gasteiger partial charge in [0.15, 0.2) is 5.75 Å². The number of rotatable bonds is 6. The van der Waals surface area contributed by atoms with Gasteiger partial charge in [-0.3, -0.25) is 19.1 Å². The first-order valence-electron chi connectivity index (χ1n) is 19.8. The number of carbonyl (C=O) groups is 4. The first-order chi connectivity index (χ1) is 26.5. The quantitative estimate of drug-likeness (QED) is 0.316. The molecule has 15 nitrogen and oxygen atoms in total. The second-order valence-corrected chi connectivity index (χ2v) is 19.4. The maximum Gasteiger partial charge on any atom is 0.315 e. The number of sulfonamides is 1. The number of hydrogen-bond donors (Lipinski definition) is 4. The van der Waals surface area contributed by atoms with Crippen LogP contribution in [0.2, 0.25) is 0 Å². The van der Waals surface area contributed by atoms with Crippen molar-refractivity contribution < 1.29 is 37.1 Å². The molecule has 2 aliphatic carbocycles. The first kappa shape index (κ1) is 39.6. The van der Waals surface area contributed by atoms with Crippen LogP contribution in [0.25, 0.3) is 10.8 Å². The molecule has 304 valence electrons. The summed E-state index contributed by atoms with van der Waals surface area (Å²) in [4.78, 5) is 64.7. The Labute approximate surface area is 328 Å². The summed E-state index contributed by atoms with van der Waals surface area (Å²) in [5, 5.41) is 9.65. The van der Waals surface area contributed by atoms with Gasteiger partial charge in [-0.2, -0.15) is 0 Å². The predicted octanol–water partition coefficient (Wildman–Crippen LogP) is 3.37. The number of nitrogens with one attached hydrogen (secondary N) is 4. The van der Waals surface area contributed by atoms with Gasteiger partial charge in [0, 0.05) is 41.9 Å².